The van der Waals surface area contributed by atoms with Crippen molar-refractivity contribution in [3.05, 3.63) is 28.2 Å². The summed E-state index contributed by atoms with van der Waals surface area (Å²) in [4.78, 5) is 39.9. The number of imide groups is 1. The Morgan fingerprint density at radius 3 is 2.30 bits per heavy atom. The van der Waals surface area contributed by atoms with Crippen LogP contribution in [0.4, 0.5) is 5.00 Å². The Balaban J connectivity index is 1.82. The van der Waals surface area contributed by atoms with Crippen molar-refractivity contribution < 1.29 is 14.4 Å². The lowest BCUT2D eigenvalue weighted by Crippen LogP contribution is -2.34. The predicted octanol–water partition coefficient (Wildman–Crippen LogP) is 2.03. The summed E-state index contributed by atoms with van der Waals surface area (Å²) in [5, 5.41) is 0.427. The largest absolute Gasteiger partial charge is 0.365 e. The van der Waals surface area contributed by atoms with E-state index in [0.717, 1.165) is 16.9 Å². The zero-order valence-corrected chi connectivity index (χ0v) is 13.9. The smallest absolute Gasteiger partial charge is 0.252 e. The van der Waals surface area contributed by atoms with Crippen molar-refractivity contribution >= 4 is 34.1 Å². The highest BCUT2D eigenvalue weighted by Crippen LogP contribution is 2.54. The SMILES string of the molecule is CCc1c(C)sc(N2C(=O)[C@@H]3[C@H](C2=O)[C@@H]2C=C[C@H]3C2)c1C(N)=O. The highest BCUT2D eigenvalue weighted by molar-refractivity contribution is 7.17. The molecule has 23 heavy (non-hydrogen) atoms. The molecule has 4 atom stereocenters. The molecule has 0 spiro atoms. The minimum atomic E-state index is -0.569. The van der Waals surface area contributed by atoms with Gasteiger partial charge in [-0.3, -0.25) is 14.4 Å². The number of thiophene rings is 1. The molecule has 0 radical (unpaired) electrons. The number of carbonyl (C=O) groups excluding carboxylic acids is 3. The normalized spacial score (nSPS) is 31.3. The number of nitrogens with two attached hydrogens (primary N) is 1. The molecule has 2 N–H and O–H groups in total. The third-order valence-electron chi connectivity index (χ3n) is 5.46. The first kappa shape index (κ1) is 14.6. The Kier molecular flexibility index (Phi) is 3.04. The third kappa shape index (κ3) is 1.75. The van der Waals surface area contributed by atoms with Gasteiger partial charge in [0.05, 0.1) is 17.4 Å². The van der Waals surface area contributed by atoms with Crippen LogP contribution < -0.4 is 10.6 Å². The lowest BCUT2D eigenvalue weighted by molar-refractivity contribution is -0.123. The Bertz CT molecular complexity index is 749. The molecule has 4 rings (SSSR count). The summed E-state index contributed by atoms with van der Waals surface area (Å²) in [5.41, 5.74) is 6.74. The second kappa shape index (κ2) is 4.77. The molecule has 1 saturated carbocycles. The maximum atomic E-state index is 12.9. The number of fused-ring (bicyclic) bond motifs is 5. The van der Waals surface area contributed by atoms with E-state index in [0.29, 0.717) is 17.0 Å². The number of allylic oxidation sites excluding steroid dienone is 2. The van der Waals surface area contributed by atoms with Gasteiger partial charge in [-0.15, -0.1) is 11.3 Å². The minimum absolute atomic E-state index is 0.162. The standard InChI is InChI=1S/C17H18N2O3S/c1-3-10-7(2)23-17(13(10)14(18)20)19-15(21)11-8-4-5-9(6-8)12(11)16(19)22/h4-5,8-9,11-12H,3,6H2,1-2H3,(H2,18,20)/t8-,9+,11-,12+. The molecule has 0 unspecified atom stereocenters. The molecule has 2 fully saturated rings. The van der Waals surface area contributed by atoms with Gasteiger partial charge >= 0.3 is 0 Å². The van der Waals surface area contributed by atoms with Crippen LogP contribution in [-0.4, -0.2) is 17.7 Å². The molecule has 6 heteroatoms. The van der Waals surface area contributed by atoms with Crippen molar-refractivity contribution in [3.63, 3.8) is 0 Å². The molecule has 120 valence electrons. The van der Waals surface area contributed by atoms with E-state index in [1.165, 1.54) is 16.2 Å². The van der Waals surface area contributed by atoms with Crippen molar-refractivity contribution in [3.8, 4) is 0 Å². The maximum Gasteiger partial charge on any atom is 0.252 e. The molecule has 2 heterocycles. The van der Waals surface area contributed by atoms with Gasteiger partial charge in [-0.05, 0) is 37.2 Å². The molecular formula is C17H18N2O3S. The fourth-order valence-electron chi connectivity index (χ4n) is 4.50. The molecule has 1 saturated heterocycles. The van der Waals surface area contributed by atoms with Crippen LogP contribution in [0.5, 0.6) is 0 Å². The summed E-state index contributed by atoms with van der Waals surface area (Å²) in [6.45, 7) is 3.84. The van der Waals surface area contributed by atoms with Crippen LogP contribution in [0, 0.1) is 30.6 Å². The lowest BCUT2D eigenvalue weighted by Gasteiger charge is -2.16. The monoisotopic (exact) mass is 330 g/mol. The summed E-state index contributed by atoms with van der Waals surface area (Å²) in [6.07, 6.45) is 5.67. The van der Waals surface area contributed by atoms with Crippen LogP contribution in [0.3, 0.4) is 0 Å². The topological polar surface area (TPSA) is 80.5 Å². The Morgan fingerprint density at radius 2 is 1.83 bits per heavy atom. The van der Waals surface area contributed by atoms with E-state index in [1.54, 1.807) is 0 Å². The molecule has 1 aromatic rings. The maximum absolute atomic E-state index is 12.9. The molecule has 2 aliphatic carbocycles. The van der Waals surface area contributed by atoms with Crippen LogP contribution in [0.15, 0.2) is 12.2 Å². The van der Waals surface area contributed by atoms with E-state index >= 15 is 0 Å². The van der Waals surface area contributed by atoms with Crippen LogP contribution in [-0.2, 0) is 16.0 Å². The van der Waals surface area contributed by atoms with Crippen molar-refractivity contribution in [1.82, 2.24) is 0 Å². The van der Waals surface area contributed by atoms with Crippen molar-refractivity contribution in [2.24, 2.45) is 29.4 Å². The summed E-state index contributed by atoms with van der Waals surface area (Å²) >= 11 is 1.32. The van der Waals surface area contributed by atoms with Gasteiger partial charge in [0, 0.05) is 4.88 Å². The summed E-state index contributed by atoms with van der Waals surface area (Å²) in [5.74, 6) is -1.09. The van der Waals surface area contributed by atoms with Crippen molar-refractivity contribution in [1.29, 1.82) is 0 Å². The van der Waals surface area contributed by atoms with Gasteiger partial charge in [0.2, 0.25) is 11.8 Å². The van der Waals surface area contributed by atoms with E-state index < -0.39 is 5.91 Å². The summed E-state index contributed by atoms with van der Waals surface area (Å²) < 4.78 is 0. The second-order valence-electron chi connectivity index (χ2n) is 6.55. The van der Waals surface area contributed by atoms with E-state index in [-0.39, 0.29) is 35.5 Å². The predicted molar refractivity (Wildman–Crippen MR) is 87.2 cm³/mol. The summed E-state index contributed by atoms with van der Waals surface area (Å²) in [6, 6.07) is 0. The van der Waals surface area contributed by atoms with Crippen LogP contribution in [0.1, 0.15) is 34.1 Å². The minimum Gasteiger partial charge on any atom is -0.365 e. The number of nitrogens with zero attached hydrogens (tertiary/aromatic N) is 1. The van der Waals surface area contributed by atoms with Gasteiger partial charge in [0.1, 0.15) is 5.00 Å². The van der Waals surface area contributed by atoms with Gasteiger partial charge in [-0.25, -0.2) is 4.90 Å². The number of hydrogen-bond donors (Lipinski definition) is 1. The first-order chi connectivity index (χ1) is 11.0. The quantitative estimate of drug-likeness (QED) is 0.680. The highest BCUT2D eigenvalue weighted by atomic mass is 32.1. The Labute approximate surface area is 138 Å². The Morgan fingerprint density at radius 1 is 1.26 bits per heavy atom. The summed E-state index contributed by atoms with van der Waals surface area (Å²) in [7, 11) is 0. The lowest BCUT2D eigenvalue weighted by atomic mass is 9.85. The fraction of sp³-hybridized carbons (Fsp3) is 0.471. The molecular weight excluding hydrogens is 312 g/mol. The fourth-order valence-corrected chi connectivity index (χ4v) is 5.76. The first-order valence-corrected chi connectivity index (χ1v) is 8.75. The van der Waals surface area contributed by atoms with E-state index in [4.69, 9.17) is 5.73 Å². The number of aryl methyl sites for hydroxylation is 1. The van der Waals surface area contributed by atoms with Gasteiger partial charge in [-0.2, -0.15) is 0 Å². The number of carbonyl (C=O) groups is 3. The zero-order chi connectivity index (χ0) is 16.5. The van der Waals surface area contributed by atoms with Crippen molar-refractivity contribution in [2.45, 2.75) is 26.7 Å². The third-order valence-corrected chi connectivity index (χ3v) is 6.60. The highest BCUT2D eigenvalue weighted by Gasteiger charge is 2.60. The van der Waals surface area contributed by atoms with E-state index in [1.807, 2.05) is 13.8 Å². The molecule has 3 aliphatic rings. The van der Waals surface area contributed by atoms with Gasteiger partial charge in [0.15, 0.2) is 0 Å². The molecule has 2 bridgehead atoms. The molecule has 5 nitrogen and oxygen atoms in total. The molecule has 0 aromatic carbocycles. The number of amides is 3. The van der Waals surface area contributed by atoms with Gasteiger partial charge in [0.25, 0.3) is 5.91 Å². The number of rotatable bonds is 3. The first-order valence-electron chi connectivity index (χ1n) is 7.93. The number of primary amides is 1. The van der Waals surface area contributed by atoms with E-state index in [9.17, 15) is 14.4 Å². The van der Waals surface area contributed by atoms with Gasteiger partial charge in [-0.1, -0.05) is 19.1 Å². The Hall–Kier alpha value is -1.95. The zero-order valence-electron chi connectivity index (χ0n) is 13.0. The molecule has 1 aromatic heterocycles. The van der Waals surface area contributed by atoms with Crippen LogP contribution in [0.2, 0.25) is 0 Å². The molecule has 1 aliphatic heterocycles. The average molecular weight is 330 g/mol. The van der Waals surface area contributed by atoms with Crippen LogP contribution >= 0.6 is 11.3 Å². The van der Waals surface area contributed by atoms with E-state index in [2.05, 4.69) is 12.2 Å². The average Bonchev–Trinajstić information content (AvgIpc) is 3.22. The van der Waals surface area contributed by atoms with Crippen LogP contribution in [0.25, 0.3) is 0 Å². The number of hydrogen-bond acceptors (Lipinski definition) is 4. The van der Waals surface area contributed by atoms with Gasteiger partial charge < -0.3 is 5.73 Å². The molecule has 3 amide bonds. The second-order valence-corrected chi connectivity index (χ2v) is 7.75. The number of anilines is 1. The van der Waals surface area contributed by atoms with Crippen molar-refractivity contribution in [2.75, 3.05) is 4.90 Å².